The number of aryl methyl sites for hydroxylation is 1. The summed E-state index contributed by atoms with van der Waals surface area (Å²) in [4.78, 5) is 12.1. The Hall–Kier alpha value is -2.29. The molecule has 122 valence electrons. The van der Waals surface area contributed by atoms with Crippen LogP contribution in [0.1, 0.15) is 18.5 Å². The second-order valence-electron chi connectivity index (χ2n) is 5.07. The first-order valence-corrected chi connectivity index (χ1v) is 8.16. The fraction of sp³-hybridized carbons (Fsp3) is 0.429. The Morgan fingerprint density at radius 3 is 2.91 bits per heavy atom. The molecule has 1 aromatic carbocycles. The van der Waals surface area contributed by atoms with Crippen LogP contribution in [0.2, 0.25) is 0 Å². The summed E-state index contributed by atoms with van der Waals surface area (Å²) in [6.45, 7) is 3.03. The third kappa shape index (κ3) is 3.73. The Labute approximate surface area is 137 Å². The number of fused-ring (bicyclic) bond motifs is 1. The average Bonchev–Trinajstić information content (AvgIpc) is 2.97. The van der Waals surface area contributed by atoms with Crippen molar-refractivity contribution in [2.24, 2.45) is 7.05 Å². The molecule has 3 rings (SSSR count). The second-order valence-corrected chi connectivity index (χ2v) is 6.01. The molecule has 2 heterocycles. The third-order valence-electron chi connectivity index (χ3n) is 3.36. The van der Waals surface area contributed by atoms with E-state index in [-0.39, 0.29) is 17.7 Å². The van der Waals surface area contributed by atoms with E-state index in [1.165, 1.54) is 16.4 Å². The van der Waals surface area contributed by atoms with Gasteiger partial charge in [0, 0.05) is 7.05 Å². The summed E-state index contributed by atoms with van der Waals surface area (Å²) in [7, 11) is 1.73. The molecule has 23 heavy (non-hydrogen) atoms. The summed E-state index contributed by atoms with van der Waals surface area (Å²) in [5.74, 6) is 1.63. The van der Waals surface area contributed by atoms with Crippen molar-refractivity contribution in [3.63, 3.8) is 0 Å². The first-order chi connectivity index (χ1) is 11.1. The number of carbonyl (C=O) groups excluding carboxylic acids is 1. The van der Waals surface area contributed by atoms with Crippen LogP contribution in [0.25, 0.3) is 0 Å². The molecule has 1 aromatic heterocycles. The number of benzene rings is 1. The van der Waals surface area contributed by atoms with Crippen molar-refractivity contribution in [2.45, 2.75) is 18.1 Å². The van der Waals surface area contributed by atoms with E-state index in [0.717, 1.165) is 17.1 Å². The minimum Gasteiger partial charge on any atom is -0.486 e. The zero-order valence-corrected chi connectivity index (χ0v) is 13.7. The van der Waals surface area contributed by atoms with Crippen LogP contribution in [0.3, 0.4) is 0 Å². The number of aromatic nitrogens is 4. The fourth-order valence-electron chi connectivity index (χ4n) is 2.17. The lowest BCUT2D eigenvalue weighted by Crippen LogP contribution is -2.28. The topological polar surface area (TPSA) is 91.2 Å². The van der Waals surface area contributed by atoms with E-state index in [1.807, 2.05) is 25.1 Å². The zero-order chi connectivity index (χ0) is 16.2. The number of ether oxygens (including phenoxy) is 2. The van der Waals surface area contributed by atoms with Crippen molar-refractivity contribution in [2.75, 3.05) is 19.0 Å². The molecule has 2 aromatic rings. The first-order valence-electron chi connectivity index (χ1n) is 7.17. The number of carbonyl (C=O) groups is 1. The molecule has 0 radical (unpaired) electrons. The van der Waals surface area contributed by atoms with E-state index in [4.69, 9.17) is 9.47 Å². The van der Waals surface area contributed by atoms with Crippen LogP contribution in [-0.2, 0) is 11.8 Å². The monoisotopic (exact) mass is 335 g/mol. The molecule has 0 unspecified atom stereocenters. The number of tetrazole rings is 1. The van der Waals surface area contributed by atoms with Gasteiger partial charge in [0.05, 0.1) is 11.8 Å². The highest BCUT2D eigenvalue weighted by molar-refractivity contribution is 7.99. The number of rotatable bonds is 5. The SMILES string of the molecule is C[C@H](NC(=O)CSc1nnnn1C)c1ccc2c(c1)OCCO2. The molecule has 0 bridgehead atoms. The Kier molecular flexibility index (Phi) is 4.65. The Bertz CT molecular complexity index is 705. The number of amides is 1. The average molecular weight is 335 g/mol. The summed E-state index contributed by atoms with van der Waals surface area (Å²) in [5, 5.41) is 14.6. The molecule has 1 amide bonds. The summed E-state index contributed by atoms with van der Waals surface area (Å²) in [6, 6.07) is 5.57. The predicted molar refractivity (Wildman–Crippen MR) is 83.5 cm³/mol. The molecule has 0 saturated heterocycles. The maximum Gasteiger partial charge on any atom is 0.230 e. The van der Waals surface area contributed by atoms with Gasteiger partial charge in [-0.2, -0.15) is 0 Å². The number of nitrogens with zero attached hydrogens (tertiary/aromatic N) is 4. The molecule has 8 nitrogen and oxygen atoms in total. The number of hydrogen-bond donors (Lipinski definition) is 1. The molecule has 9 heteroatoms. The van der Waals surface area contributed by atoms with E-state index in [0.29, 0.717) is 18.4 Å². The number of hydrogen-bond acceptors (Lipinski definition) is 7. The zero-order valence-electron chi connectivity index (χ0n) is 12.9. The Balaban J connectivity index is 1.57. The predicted octanol–water partition coefficient (Wildman–Crippen LogP) is 0.951. The lowest BCUT2D eigenvalue weighted by Gasteiger charge is -2.21. The van der Waals surface area contributed by atoms with Crippen molar-refractivity contribution in [3.05, 3.63) is 23.8 Å². The molecule has 0 spiro atoms. The minimum atomic E-state index is -0.128. The van der Waals surface area contributed by atoms with Gasteiger partial charge in [-0.05, 0) is 35.0 Å². The van der Waals surface area contributed by atoms with Crippen LogP contribution < -0.4 is 14.8 Å². The van der Waals surface area contributed by atoms with Crippen molar-refractivity contribution < 1.29 is 14.3 Å². The molecule has 0 fully saturated rings. The van der Waals surface area contributed by atoms with Gasteiger partial charge in [0.2, 0.25) is 11.1 Å². The Morgan fingerprint density at radius 2 is 2.17 bits per heavy atom. The summed E-state index contributed by atoms with van der Waals surface area (Å²) >= 11 is 1.29. The highest BCUT2D eigenvalue weighted by Crippen LogP contribution is 2.32. The van der Waals surface area contributed by atoms with Crippen LogP contribution >= 0.6 is 11.8 Å². The number of nitrogens with one attached hydrogen (secondary N) is 1. The van der Waals surface area contributed by atoms with Gasteiger partial charge in [0.25, 0.3) is 0 Å². The summed E-state index contributed by atoms with van der Waals surface area (Å²) in [5.41, 5.74) is 0.966. The van der Waals surface area contributed by atoms with Gasteiger partial charge >= 0.3 is 0 Å². The van der Waals surface area contributed by atoms with E-state index in [9.17, 15) is 4.79 Å². The maximum absolute atomic E-state index is 12.1. The van der Waals surface area contributed by atoms with E-state index < -0.39 is 0 Å². The minimum absolute atomic E-state index is 0.0830. The molecule has 1 aliphatic heterocycles. The van der Waals surface area contributed by atoms with Crippen LogP contribution in [0.15, 0.2) is 23.4 Å². The van der Waals surface area contributed by atoms with Gasteiger partial charge in [-0.15, -0.1) is 5.10 Å². The van der Waals surface area contributed by atoms with Crippen molar-refractivity contribution in [3.8, 4) is 11.5 Å². The van der Waals surface area contributed by atoms with Crippen LogP contribution in [0, 0.1) is 0 Å². The third-order valence-corrected chi connectivity index (χ3v) is 4.37. The van der Waals surface area contributed by atoms with E-state index in [2.05, 4.69) is 20.8 Å². The molecule has 0 aliphatic carbocycles. The standard InChI is InChI=1S/C14H17N5O3S/c1-9(10-3-4-11-12(7-10)22-6-5-21-11)15-13(20)8-23-14-16-17-18-19(14)2/h3-4,7,9H,5-6,8H2,1-2H3,(H,15,20)/t9-/m0/s1. The normalized spacial score (nSPS) is 14.3. The van der Waals surface area contributed by atoms with Crippen molar-refractivity contribution >= 4 is 17.7 Å². The van der Waals surface area contributed by atoms with Gasteiger partial charge in [-0.3, -0.25) is 4.79 Å². The lowest BCUT2D eigenvalue weighted by atomic mass is 10.1. The molecule has 0 saturated carbocycles. The first kappa shape index (κ1) is 15.6. The smallest absolute Gasteiger partial charge is 0.230 e. The summed E-state index contributed by atoms with van der Waals surface area (Å²) in [6.07, 6.45) is 0. The molecule has 1 N–H and O–H groups in total. The summed E-state index contributed by atoms with van der Waals surface area (Å²) < 4.78 is 12.6. The highest BCUT2D eigenvalue weighted by Gasteiger charge is 2.16. The molecule has 1 aliphatic rings. The van der Waals surface area contributed by atoms with Crippen LogP contribution in [-0.4, -0.2) is 45.1 Å². The Morgan fingerprint density at radius 1 is 1.39 bits per heavy atom. The van der Waals surface area contributed by atoms with Gasteiger partial charge in [-0.1, -0.05) is 17.8 Å². The van der Waals surface area contributed by atoms with E-state index >= 15 is 0 Å². The maximum atomic E-state index is 12.1. The van der Waals surface area contributed by atoms with Gasteiger partial charge < -0.3 is 14.8 Å². The van der Waals surface area contributed by atoms with E-state index in [1.54, 1.807) is 7.05 Å². The van der Waals surface area contributed by atoms with Crippen LogP contribution in [0.5, 0.6) is 11.5 Å². The van der Waals surface area contributed by atoms with Crippen molar-refractivity contribution in [1.29, 1.82) is 0 Å². The largest absolute Gasteiger partial charge is 0.486 e. The highest BCUT2D eigenvalue weighted by atomic mass is 32.2. The molecular formula is C14H17N5O3S. The molecular weight excluding hydrogens is 318 g/mol. The fourth-order valence-corrected chi connectivity index (χ4v) is 2.83. The quantitative estimate of drug-likeness (QED) is 0.813. The van der Waals surface area contributed by atoms with Gasteiger partial charge in [-0.25, -0.2) is 4.68 Å². The van der Waals surface area contributed by atoms with Crippen LogP contribution in [0.4, 0.5) is 0 Å². The lowest BCUT2D eigenvalue weighted by molar-refractivity contribution is -0.119. The molecule has 1 atom stereocenters. The van der Waals surface area contributed by atoms with Crippen molar-refractivity contribution in [1.82, 2.24) is 25.5 Å². The second kappa shape index (κ2) is 6.86. The number of thioether (sulfide) groups is 1. The van der Waals surface area contributed by atoms with Gasteiger partial charge in [0.1, 0.15) is 13.2 Å². The van der Waals surface area contributed by atoms with Gasteiger partial charge in [0.15, 0.2) is 11.5 Å².